The molecular formula is C5H8INO. The zero-order valence-corrected chi connectivity index (χ0v) is 6.64. The van der Waals surface area contributed by atoms with Crippen molar-refractivity contribution in [2.24, 2.45) is 5.41 Å². The van der Waals surface area contributed by atoms with Gasteiger partial charge < -0.3 is 10.1 Å². The molecule has 0 radical (unpaired) electrons. The Bertz CT molecular complexity index is 107. The first kappa shape index (κ1) is 5.44. The van der Waals surface area contributed by atoms with E-state index >= 15 is 0 Å². The first-order valence-corrected chi connectivity index (χ1v) is 4.04. The molecule has 2 aliphatic rings. The van der Waals surface area contributed by atoms with E-state index in [9.17, 15) is 0 Å². The van der Waals surface area contributed by atoms with Gasteiger partial charge in [-0.05, 0) is 0 Å². The van der Waals surface area contributed by atoms with Crippen LogP contribution in [0.5, 0.6) is 0 Å². The number of halogens is 1. The van der Waals surface area contributed by atoms with Gasteiger partial charge in [-0.2, -0.15) is 0 Å². The summed E-state index contributed by atoms with van der Waals surface area (Å²) in [7, 11) is 0. The third kappa shape index (κ3) is 0.498. The number of alkyl halides is 1. The molecular weight excluding hydrogens is 217 g/mol. The largest absolute Gasteiger partial charge is 0.366 e. The van der Waals surface area contributed by atoms with Crippen LogP contribution >= 0.6 is 22.6 Å². The monoisotopic (exact) mass is 225 g/mol. The van der Waals surface area contributed by atoms with Crippen molar-refractivity contribution in [2.75, 3.05) is 19.7 Å². The van der Waals surface area contributed by atoms with Crippen LogP contribution in [0.15, 0.2) is 0 Å². The Kier molecular flexibility index (Phi) is 1.07. The molecule has 1 atom stereocenters. The minimum absolute atomic E-state index is 0.487. The average molecular weight is 225 g/mol. The van der Waals surface area contributed by atoms with Crippen molar-refractivity contribution in [3.63, 3.8) is 0 Å². The molecule has 2 nitrogen and oxygen atoms in total. The lowest BCUT2D eigenvalue weighted by molar-refractivity contribution is -0.152. The van der Waals surface area contributed by atoms with Gasteiger partial charge in [0.2, 0.25) is 0 Å². The molecule has 2 fully saturated rings. The molecule has 0 bridgehead atoms. The van der Waals surface area contributed by atoms with Gasteiger partial charge in [-0.15, -0.1) is 0 Å². The normalized spacial score (nSPS) is 40.9. The molecule has 2 heterocycles. The maximum absolute atomic E-state index is 5.24. The van der Waals surface area contributed by atoms with E-state index in [4.69, 9.17) is 4.74 Å². The summed E-state index contributed by atoms with van der Waals surface area (Å²) < 4.78 is 5.72. The molecule has 3 heteroatoms. The van der Waals surface area contributed by atoms with E-state index in [1.165, 1.54) is 13.1 Å². The van der Waals surface area contributed by atoms with Gasteiger partial charge in [0, 0.05) is 13.1 Å². The van der Waals surface area contributed by atoms with Gasteiger partial charge in [0.1, 0.15) is 4.11 Å². The predicted octanol–water partition coefficient (Wildman–Crippen LogP) is 0.367. The fraction of sp³-hybridized carbons (Fsp3) is 1.00. The lowest BCUT2D eigenvalue weighted by atomic mass is 9.80. The van der Waals surface area contributed by atoms with Crippen molar-refractivity contribution in [3.8, 4) is 0 Å². The second-order valence-corrected chi connectivity index (χ2v) is 3.72. The molecule has 2 saturated heterocycles. The Hall–Kier alpha value is 0.650. The molecule has 0 aromatic carbocycles. The summed E-state index contributed by atoms with van der Waals surface area (Å²) in [5, 5.41) is 3.25. The van der Waals surface area contributed by atoms with Gasteiger partial charge in [0.15, 0.2) is 0 Å². The van der Waals surface area contributed by atoms with Crippen LogP contribution in [0.3, 0.4) is 0 Å². The lowest BCUT2D eigenvalue weighted by Crippen LogP contribution is -2.67. The van der Waals surface area contributed by atoms with Crippen LogP contribution in [0.25, 0.3) is 0 Å². The van der Waals surface area contributed by atoms with Crippen molar-refractivity contribution < 1.29 is 4.74 Å². The fourth-order valence-electron chi connectivity index (χ4n) is 1.09. The highest BCUT2D eigenvalue weighted by Crippen LogP contribution is 2.41. The predicted molar refractivity (Wildman–Crippen MR) is 39.1 cm³/mol. The maximum Gasteiger partial charge on any atom is 0.119 e. The quantitative estimate of drug-likeness (QED) is 0.475. The van der Waals surface area contributed by atoms with E-state index in [1.807, 2.05) is 0 Å². The third-order valence-electron chi connectivity index (χ3n) is 1.95. The smallest absolute Gasteiger partial charge is 0.119 e. The summed E-state index contributed by atoms with van der Waals surface area (Å²) in [5.74, 6) is 0. The molecule has 8 heavy (non-hydrogen) atoms. The maximum atomic E-state index is 5.24. The highest BCUT2D eigenvalue weighted by atomic mass is 127. The highest BCUT2D eigenvalue weighted by molar-refractivity contribution is 14.1. The number of hydrogen-bond donors (Lipinski definition) is 1. The van der Waals surface area contributed by atoms with Crippen molar-refractivity contribution in [3.05, 3.63) is 0 Å². The zero-order chi connectivity index (χ0) is 5.61. The Morgan fingerprint density at radius 3 is 2.38 bits per heavy atom. The van der Waals surface area contributed by atoms with E-state index in [2.05, 4.69) is 27.9 Å². The minimum atomic E-state index is 0.487. The Labute approximate surface area is 62.1 Å². The van der Waals surface area contributed by atoms with Gasteiger partial charge in [0.25, 0.3) is 0 Å². The SMILES string of the molecule is IC1OCC12CNC2. The summed E-state index contributed by atoms with van der Waals surface area (Å²) in [6, 6.07) is 0. The van der Waals surface area contributed by atoms with E-state index < -0.39 is 0 Å². The van der Waals surface area contributed by atoms with Gasteiger partial charge in [-0.1, -0.05) is 22.6 Å². The van der Waals surface area contributed by atoms with Crippen molar-refractivity contribution in [2.45, 2.75) is 4.11 Å². The van der Waals surface area contributed by atoms with E-state index in [1.54, 1.807) is 0 Å². The first-order chi connectivity index (χ1) is 3.83. The molecule has 0 aliphatic carbocycles. The Balaban J connectivity index is 2.03. The second kappa shape index (κ2) is 1.58. The molecule has 2 aliphatic heterocycles. The zero-order valence-electron chi connectivity index (χ0n) is 4.48. The van der Waals surface area contributed by atoms with Crippen molar-refractivity contribution in [1.82, 2.24) is 5.32 Å². The summed E-state index contributed by atoms with van der Waals surface area (Å²) in [4.78, 5) is 0. The van der Waals surface area contributed by atoms with Crippen LogP contribution in [0.2, 0.25) is 0 Å². The molecule has 2 rings (SSSR count). The Morgan fingerprint density at radius 2 is 2.38 bits per heavy atom. The first-order valence-electron chi connectivity index (χ1n) is 2.80. The molecule has 0 amide bonds. The van der Waals surface area contributed by atoms with Gasteiger partial charge in [-0.3, -0.25) is 0 Å². The van der Waals surface area contributed by atoms with Crippen LogP contribution in [-0.2, 0) is 4.74 Å². The Morgan fingerprint density at radius 1 is 1.62 bits per heavy atom. The standard InChI is InChI=1S/C5H8INO/c6-4-5(3-8-4)1-7-2-5/h4,7H,1-3H2. The molecule has 1 N–H and O–H groups in total. The lowest BCUT2D eigenvalue weighted by Gasteiger charge is -2.53. The minimum Gasteiger partial charge on any atom is -0.366 e. The average Bonchev–Trinajstić information content (AvgIpc) is 1.58. The highest BCUT2D eigenvalue weighted by Gasteiger charge is 2.51. The van der Waals surface area contributed by atoms with E-state index in [0.717, 1.165) is 6.61 Å². The molecule has 0 saturated carbocycles. The number of ether oxygens (including phenoxy) is 1. The fourth-order valence-corrected chi connectivity index (χ4v) is 1.89. The van der Waals surface area contributed by atoms with Crippen LogP contribution in [0, 0.1) is 5.41 Å². The summed E-state index contributed by atoms with van der Waals surface area (Å²) in [6.07, 6.45) is 0. The molecule has 0 aromatic heterocycles. The molecule has 1 spiro atoms. The van der Waals surface area contributed by atoms with Gasteiger partial charge in [-0.25, -0.2) is 0 Å². The van der Waals surface area contributed by atoms with Gasteiger partial charge in [0.05, 0.1) is 12.0 Å². The summed E-state index contributed by atoms with van der Waals surface area (Å²) in [6.45, 7) is 3.31. The number of rotatable bonds is 0. The molecule has 1 unspecified atom stereocenters. The van der Waals surface area contributed by atoms with Crippen LogP contribution < -0.4 is 5.32 Å². The summed E-state index contributed by atoms with van der Waals surface area (Å²) >= 11 is 2.36. The van der Waals surface area contributed by atoms with E-state index in [0.29, 0.717) is 9.53 Å². The van der Waals surface area contributed by atoms with Gasteiger partial charge >= 0.3 is 0 Å². The van der Waals surface area contributed by atoms with Crippen molar-refractivity contribution >= 4 is 22.6 Å². The van der Waals surface area contributed by atoms with Crippen LogP contribution in [0.1, 0.15) is 0 Å². The second-order valence-electron chi connectivity index (χ2n) is 2.59. The van der Waals surface area contributed by atoms with E-state index in [-0.39, 0.29) is 0 Å². The topological polar surface area (TPSA) is 21.3 Å². The van der Waals surface area contributed by atoms with Crippen LogP contribution in [0.4, 0.5) is 0 Å². The van der Waals surface area contributed by atoms with Crippen LogP contribution in [-0.4, -0.2) is 23.8 Å². The molecule has 0 aromatic rings. The third-order valence-corrected chi connectivity index (χ3v) is 3.63. The number of nitrogens with one attached hydrogen (secondary N) is 1. The summed E-state index contributed by atoms with van der Waals surface area (Å²) in [5.41, 5.74) is 0.556. The number of hydrogen-bond acceptors (Lipinski definition) is 2. The van der Waals surface area contributed by atoms with Crippen molar-refractivity contribution in [1.29, 1.82) is 0 Å². The molecule has 46 valence electrons.